The molecule has 1 heterocycles. The lowest BCUT2D eigenvalue weighted by Crippen LogP contribution is -2.22. The summed E-state index contributed by atoms with van der Waals surface area (Å²) in [5.74, 6) is 0.493. The first-order valence-corrected chi connectivity index (χ1v) is 9.81. The number of aryl methyl sites for hydroxylation is 1. The molecule has 1 amide bonds. The van der Waals surface area contributed by atoms with Crippen molar-refractivity contribution in [2.75, 3.05) is 11.9 Å². The van der Waals surface area contributed by atoms with E-state index in [9.17, 15) is 4.79 Å². The van der Waals surface area contributed by atoms with Crippen LogP contribution in [-0.2, 0) is 0 Å². The van der Waals surface area contributed by atoms with Gasteiger partial charge in [-0.3, -0.25) is 4.79 Å². The quantitative estimate of drug-likeness (QED) is 0.474. The molecule has 1 aromatic heterocycles. The van der Waals surface area contributed by atoms with Crippen LogP contribution in [0, 0.1) is 6.92 Å². The molecule has 4 rings (SSSR count). The Kier molecular flexibility index (Phi) is 5.61. The zero-order valence-electron chi connectivity index (χ0n) is 16.9. The van der Waals surface area contributed by atoms with E-state index in [1.807, 2.05) is 86.6 Å². The van der Waals surface area contributed by atoms with Gasteiger partial charge in [0.2, 0.25) is 5.55 Å². The molecule has 0 aliphatic carbocycles. The summed E-state index contributed by atoms with van der Waals surface area (Å²) in [7, 11) is 0. The van der Waals surface area contributed by atoms with E-state index in [1.165, 1.54) is 0 Å². The van der Waals surface area contributed by atoms with E-state index >= 15 is 0 Å². The molecule has 0 spiro atoms. The molecule has 0 atom stereocenters. The molecule has 30 heavy (non-hydrogen) atoms. The van der Waals surface area contributed by atoms with Gasteiger partial charge in [-0.15, -0.1) is 0 Å². The number of benzene rings is 3. The van der Waals surface area contributed by atoms with Crippen molar-refractivity contribution >= 4 is 28.3 Å². The zero-order valence-corrected chi connectivity index (χ0v) is 16.9. The largest absolute Gasteiger partial charge is 0.494 e. The Morgan fingerprint density at radius 2 is 1.73 bits per heavy atom. The predicted molar refractivity (Wildman–Crippen MR) is 118 cm³/mol. The maximum atomic E-state index is 13.1. The summed E-state index contributed by atoms with van der Waals surface area (Å²) in [6.45, 7) is 4.48. The van der Waals surface area contributed by atoms with Gasteiger partial charge < -0.3 is 14.5 Å². The molecular formula is C25H22N2O3. The number of fused-ring (bicyclic) bond motifs is 1. The number of nitrogens with zero attached hydrogens (tertiary/aromatic N) is 1. The van der Waals surface area contributed by atoms with E-state index in [4.69, 9.17) is 9.15 Å². The van der Waals surface area contributed by atoms with Crippen LogP contribution in [0.5, 0.6) is 5.75 Å². The highest BCUT2D eigenvalue weighted by atomic mass is 16.5. The van der Waals surface area contributed by atoms with Crippen LogP contribution < -0.4 is 15.6 Å². The Labute approximate surface area is 174 Å². The fourth-order valence-corrected chi connectivity index (χ4v) is 3.12. The Balaban J connectivity index is 1.79. The van der Waals surface area contributed by atoms with Crippen molar-refractivity contribution in [2.24, 2.45) is 4.99 Å². The van der Waals surface area contributed by atoms with Gasteiger partial charge in [0, 0.05) is 11.1 Å². The number of ether oxygens (including phenoxy) is 1. The number of para-hydroxylation sites is 2. The molecule has 5 heteroatoms. The molecule has 0 unspecified atom stereocenters. The van der Waals surface area contributed by atoms with Crippen molar-refractivity contribution < 1.29 is 13.9 Å². The van der Waals surface area contributed by atoms with Gasteiger partial charge >= 0.3 is 0 Å². The highest BCUT2D eigenvalue weighted by Gasteiger charge is 2.14. The number of carbonyl (C=O) groups excluding carboxylic acids is 1. The van der Waals surface area contributed by atoms with E-state index in [1.54, 1.807) is 6.07 Å². The third-order valence-corrected chi connectivity index (χ3v) is 4.67. The van der Waals surface area contributed by atoms with Crippen LogP contribution in [0.1, 0.15) is 22.8 Å². The van der Waals surface area contributed by atoms with Crippen LogP contribution in [0.4, 0.5) is 11.4 Å². The van der Waals surface area contributed by atoms with Crippen molar-refractivity contribution in [3.63, 3.8) is 0 Å². The van der Waals surface area contributed by atoms with Crippen molar-refractivity contribution in [1.29, 1.82) is 0 Å². The molecule has 0 saturated heterocycles. The van der Waals surface area contributed by atoms with Gasteiger partial charge in [-0.05, 0) is 61.9 Å². The van der Waals surface area contributed by atoms with Gasteiger partial charge in [-0.25, -0.2) is 4.99 Å². The molecule has 4 aromatic rings. The van der Waals surface area contributed by atoms with Gasteiger partial charge in [0.05, 0.1) is 12.3 Å². The number of anilines is 1. The second-order valence-electron chi connectivity index (χ2n) is 6.81. The molecular weight excluding hydrogens is 376 g/mol. The summed E-state index contributed by atoms with van der Waals surface area (Å²) in [5, 5.41) is 3.80. The minimum Gasteiger partial charge on any atom is -0.494 e. The zero-order chi connectivity index (χ0) is 20.9. The van der Waals surface area contributed by atoms with E-state index < -0.39 is 0 Å². The molecule has 3 aromatic carbocycles. The number of amides is 1. The molecule has 0 aliphatic heterocycles. The standard InChI is InChI=1S/C25H22N2O3/c1-3-29-20-14-12-19(13-15-20)26-25-21(16-18-9-5-7-11-23(18)30-25)24(28)27-22-10-6-4-8-17(22)2/h4-16H,3H2,1-2H3,(H,27,28). The van der Waals surface area contributed by atoms with Crippen molar-refractivity contribution in [3.05, 3.63) is 95.5 Å². The lowest BCUT2D eigenvalue weighted by molar-refractivity contribution is 0.102. The van der Waals surface area contributed by atoms with Gasteiger partial charge in [-0.1, -0.05) is 36.4 Å². The molecule has 0 saturated carbocycles. The number of hydrogen-bond acceptors (Lipinski definition) is 4. The number of carbonyl (C=O) groups is 1. The average Bonchev–Trinajstić information content (AvgIpc) is 2.76. The smallest absolute Gasteiger partial charge is 0.261 e. The lowest BCUT2D eigenvalue weighted by Gasteiger charge is -2.09. The first-order chi connectivity index (χ1) is 14.6. The second kappa shape index (κ2) is 8.66. The maximum Gasteiger partial charge on any atom is 0.261 e. The monoisotopic (exact) mass is 398 g/mol. The van der Waals surface area contributed by atoms with Crippen molar-refractivity contribution in [1.82, 2.24) is 0 Å². The number of hydrogen-bond donors (Lipinski definition) is 1. The van der Waals surface area contributed by atoms with E-state index in [0.717, 1.165) is 22.4 Å². The summed E-state index contributed by atoms with van der Waals surface area (Å²) in [4.78, 5) is 17.7. The average molecular weight is 398 g/mol. The van der Waals surface area contributed by atoms with Crippen LogP contribution in [0.2, 0.25) is 0 Å². The van der Waals surface area contributed by atoms with Gasteiger partial charge in [0.1, 0.15) is 16.9 Å². The minimum atomic E-state index is -0.275. The van der Waals surface area contributed by atoms with Gasteiger partial charge in [0.25, 0.3) is 5.91 Å². The second-order valence-corrected chi connectivity index (χ2v) is 6.81. The van der Waals surface area contributed by atoms with Crippen LogP contribution in [0.3, 0.4) is 0 Å². The summed E-state index contributed by atoms with van der Waals surface area (Å²) in [5.41, 5.74) is 3.68. The summed E-state index contributed by atoms with van der Waals surface area (Å²) < 4.78 is 11.5. The summed E-state index contributed by atoms with van der Waals surface area (Å²) >= 11 is 0. The topological polar surface area (TPSA) is 63.8 Å². The van der Waals surface area contributed by atoms with Crippen LogP contribution >= 0.6 is 0 Å². The Morgan fingerprint density at radius 3 is 2.50 bits per heavy atom. The molecule has 5 nitrogen and oxygen atoms in total. The molecule has 0 bridgehead atoms. The first kappa shape index (κ1) is 19.5. The van der Waals surface area contributed by atoms with Gasteiger partial charge in [0.15, 0.2) is 0 Å². The fourth-order valence-electron chi connectivity index (χ4n) is 3.12. The predicted octanol–water partition coefficient (Wildman–Crippen LogP) is 5.62. The highest BCUT2D eigenvalue weighted by molar-refractivity contribution is 6.05. The van der Waals surface area contributed by atoms with Crippen LogP contribution in [-0.4, -0.2) is 12.5 Å². The van der Waals surface area contributed by atoms with Crippen LogP contribution in [0.15, 0.2) is 88.3 Å². The number of nitrogens with one attached hydrogen (secondary N) is 1. The third-order valence-electron chi connectivity index (χ3n) is 4.67. The lowest BCUT2D eigenvalue weighted by atomic mass is 10.1. The Hall–Kier alpha value is -3.86. The van der Waals surface area contributed by atoms with Crippen molar-refractivity contribution in [2.45, 2.75) is 13.8 Å². The van der Waals surface area contributed by atoms with E-state index in [2.05, 4.69) is 10.3 Å². The normalized spacial score (nSPS) is 11.5. The molecule has 0 fully saturated rings. The minimum absolute atomic E-state index is 0.254. The highest BCUT2D eigenvalue weighted by Crippen LogP contribution is 2.20. The molecule has 0 radical (unpaired) electrons. The SMILES string of the molecule is CCOc1ccc(N=c2oc3ccccc3cc2C(=O)Nc2ccccc2C)cc1. The van der Waals surface area contributed by atoms with Crippen molar-refractivity contribution in [3.8, 4) is 5.75 Å². The maximum absolute atomic E-state index is 13.1. The fraction of sp³-hybridized carbons (Fsp3) is 0.120. The molecule has 0 aliphatic rings. The molecule has 1 N–H and O–H groups in total. The first-order valence-electron chi connectivity index (χ1n) is 9.81. The summed E-state index contributed by atoms with van der Waals surface area (Å²) in [6.07, 6.45) is 0. The summed E-state index contributed by atoms with van der Waals surface area (Å²) in [6, 6.07) is 24.4. The van der Waals surface area contributed by atoms with Crippen LogP contribution in [0.25, 0.3) is 11.0 Å². The number of rotatable bonds is 5. The Morgan fingerprint density at radius 1 is 1.00 bits per heavy atom. The van der Waals surface area contributed by atoms with E-state index in [0.29, 0.717) is 23.4 Å². The molecule has 150 valence electrons. The Bertz CT molecular complexity index is 1260. The third kappa shape index (κ3) is 4.25. The van der Waals surface area contributed by atoms with Gasteiger partial charge in [-0.2, -0.15) is 0 Å². The van der Waals surface area contributed by atoms with E-state index in [-0.39, 0.29) is 11.5 Å².